The molecule has 0 aliphatic carbocycles. The topological polar surface area (TPSA) is 71.1 Å². The number of carbonyl (C=O) groups excluding carboxylic acids is 2. The van der Waals surface area contributed by atoms with Crippen LogP contribution >= 0.6 is 11.3 Å². The summed E-state index contributed by atoms with van der Waals surface area (Å²) < 4.78 is 37.1. The number of anilines is 2. The molecule has 0 fully saturated rings. The monoisotopic (exact) mass is 317 g/mol. The lowest BCUT2D eigenvalue weighted by Crippen LogP contribution is -2.29. The van der Waals surface area contributed by atoms with Gasteiger partial charge in [-0.15, -0.1) is 0 Å². The predicted molar refractivity (Wildman–Crippen MR) is 73.2 cm³/mol. The van der Waals surface area contributed by atoms with E-state index in [-0.39, 0.29) is 11.6 Å². The summed E-state index contributed by atoms with van der Waals surface area (Å²) in [7, 11) is 0. The first-order valence-corrected chi connectivity index (χ1v) is 6.70. The Balaban J connectivity index is 2.22. The molecule has 0 atom stereocenters. The molecular weight excluding hydrogens is 307 g/mol. The first-order valence-electron chi connectivity index (χ1n) is 5.88. The Labute approximate surface area is 121 Å². The summed E-state index contributed by atoms with van der Waals surface area (Å²) in [6.07, 6.45) is -4.65. The van der Waals surface area contributed by atoms with Gasteiger partial charge >= 0.3 is 12.1 Å². The molecule has 1 aromatic heterocycles. The van der Waals surface area contributed by atoms with Gasteiger partial charge in [0.2, 0.25) is 5.91 Å². The van der Waals surface area contributed by atoms with E-state index in [1.54, 1.807) is 12.2 Å². The highest BCUT2D eigenvalue weighted by molar-refractivity contribution is 7.22. The van der Waals surface area contributed by atoms with Crippen molar-refractivity contribution in [3.05, 3.63) is 18.2 Å². The molecule has 0 saturated carbocycles. The Morgan fingerprint density at radius 2 is 2.00 bits per heavy atom. The number of rotatable bonds is 3. The quantitative estimate of drug-likeness (QED) is 0.913. The second-order valence-corrected chi connectivity index (χ2v) is 5.09. The molecule has 0 aliphatic heterocycles. The number of carbonyl (C=O) groups is 2. The van der Waals surface area contributed by atoms with Gasteiger partial charge in [-0.05, 0) is 18.2 Å². The van der Waals surface area contributed by atoms with Gasteiger partial charge in [0.15, 0.2) is 5.13 Å². The van der Waals surface area contributed by atoms with Crippen molar-refractivity contribution in [2.75, 3.05) is 10.6 Å². The van der Waals surface area contributed by atoms with Gasteiger partial charge in [-0.2, -0.15) is 13.2 Å². The third kappa shape index (κ3) is 3.69. The van der Waals surface area contributed by atoms with Crippen molar-refractivity contribution in [2.24, 2.45) is 0 Å². The molecule has 0 unspecified atom stereocenters. The maximum Gasteiger partial charge on any atom is 0.471 e. The van der Waals surface area contributed by atoms with Gasteiger partial charge in [0.1, 0.15) is 0 Å². The predicted octanol–water partition coefficient (Wildman–Crippen LogP) is 3.15. The number of benzene rings is 1. The molecule has 5 nitrogen and oxygen atoms in total. The number of amides is 2. The number of nitrogens with zero attached hydrogens (tertiary/aromatic N) is 1. The molecule has 0 aliphatic rings. The molecule has 1 aromatic carbocycles. The molecule has 0 spiro atoms. The first kappa shape index (κ1) is 15.2. The number of thiazole rings is 1. The fourth-order valence-corrected chi connectivity index (χ4v) is 2.39. The number of hydrogen-bond donors (Lipinski definition) is 2. The maximum absolute atomic E-state index is 12.2. The van der Waals surface area contributed by atoms with Crippen LogP contribution in [0.5, 0.6) is 0 Å². The minimum atomic E-state index is -4.94. The molecule has 0 bridgehead atoms. The normalized spacial score (nSPS) is 11.4. The van der Waals surface area contributed by atoms with E-state index in [4.69, 9.17) is 0 Å². The van der Waals surface area contributed by atoms with Gasteiger partial charge in [-0.1, -0.05) is 18.3 Å². The average molecular weight is 317 g/mol. The van der Waals surface area contributed by atoms with Gasteiger partial charge in [0.05, 0.1) is 10.2 Å². The van der Waals surface area contributed by atoms with Crippen LogP contribution in [0.3, 0.4) is 0 Å². The summed E-state index contributed by atoms with van der Waals surface area (Å²) in [4.78, 5) is 26.2. The molecule has 0 radical (unpaired) electrons. The third-order valence-corrected chi connectivity index (χ3v) is 3.40. The van der Waals surface area contributed by atoms with Crippen molar-refractivity contribution < 1.29 is 22.8 Å². The van der Waals surface area contributed by atoms with Gasteiger partial charge in [-0.25, -0.2) is 4.98 Å². The third-order valence-electron chi connectivity index (χ3n) is 2.47. The van der Waals surface area contributed by atoms with Crippen LogP contribution in [0, 0.1) is 0 Å². The molecule has 2 aromatic rings. The Kier molecular flexibility index (Phi) is 4.12. The van der Waals surface area contributed by atoms with Crippen molar-refractivity contribution in [1.29, 1.82) is 0 Å². The van der Waals surface area contributed by atoms with E-state index in [9.17, 15) is 22.8 Å². The van der Waals surface area contributed by atoms with Crippen molar-refractivity contribution >= 4 is 44.2 Å². The number of fused-ring (bicyclic) bond motifs is 1. The Bertz CT molecular complexity index is 697. The fourth-order valence-electron chi connectivity index (χ4n) is 1.47. The summed E-state index contributed by atoms with van der Waals surface area (Å²) in [5.74, 6) is -2.24. The highest BCUT2D eigenvalue weighted by Gasteiger charge is 2.38. The van der Waals surface area contributed by atoms with E-state index >= 15 is 0 Å². The van der Waals surface area contributed by atoms with Crippen molar-refractivity contribution in [3.63, 3.8) is 0 Å². The fraction of sp³-hybridized carbons (Fsp3) is 0.250. The van der Waals surface area contributed by atoms with Crippen molar-refractivity contribution in [3.8, 4) is 0 Å². The highest BCUT2D eigenvalue weighted by Crippen LogP contribution is 2.29. The molecule has 2 amide bonds. The molecule has 0 saturated heterocycles. The van der Waals surface area contributed by atoms with Crippen LogP contribution < -0.4 is 10.6 Å². The zero-order valence-corrected chi connectivity index (χ0v) is 11.6. The largest absolute Gasteiger partial charge is 0.471 e. The van der Waals surface area contributed by atoms with Gasteiger partial charge < -0.3 is 10.6 Å². The second kappa shape index (κ2) is 5.68. The Morgan fingerprint density at radius 3 is 2.62 bits per heavy atom. The highest BCUT2D eigenvalue weighted by atomic mass is 32.1. The second-order valence-electron chi connectivity index (χ2n) is 4.06. The molecule has 2 N–H and O–H groups in total. The van der Waals surface area contributed by atoms with E-state index in [2.05, 4.69) is 10.3 Å². The lowest BCUT2D eigenvalue weighted by atomic mass is 10.3. The summed E-state index contributed by atoms with van der Waals surface area (Å²) in [6, 6.07) is 4.16. The number of alkyl halides is 3. The number of nitrogens with one attached hydrogen (secondary N) is 2. The van der Waals surface area contributed by atoms with Crippen molar-refractivity contribution in [1.82, 2.24) is 4.98 Å². The van der Waals surface area contributed by atoms with E-state index in [0.717, 1.165) is 11.3 Å². The lowest BCUT2D eigenvalue weighted by Gasteiger charge is -2.07. The van der Waals surface area contributed by atoms with Gasteiger partial charge in [0, 0.05) is 12.1 Å². The number of halogens is 3. The van der Waals surface area contributed by atoms with Crippen LogP contribution in [-0.2, 0) is 9.59 Å². The van der Waals surface area contributed by atoms with Gasteiger partial charge in [0.25, 0.3) is 0 Å². The summed E-state index contributed by atoms with van der Waals surface area (Å²) in [5.41, 5.74) is 0.540. The average Bonchev–Trinajstić information content (AvgIpc) is 2.78. The number of hydrogen-bond acceptors (Lipinski definition) is 4. The van der Waals surface area contributed by atoms with E-state index in [0.29, 0.717) is 21.8 Å². The van der Waals surface area contributed by atoms with Crippen LogP contribution in [0.2, 0.25) is 0 Å². The molecule has 21 heavy (non-hydrogen) atoms. The Morgan fingerprint density at radius 1 is 1.29 bits per heavy atom. The molecule has 2 rings (SSSR count). The minimum absolute atomic E-state index is 0.0156. The van der Waals surface area contributed by atoms with E-state index in [1.807, 2.05) is 0 Å². The molecule has 9 heteroatoms. The summed E-state index contributed by atoms with van der Waals surface area (Å²) in [6.45, 7) is 1.69. The smallest absolute Gasteiger partial charge is 0.318 e. The lowest BCUT2D eigenvalue weighted by molar-refractivity contribution is -0.167. The van der Waals surface area contributed by atoms with Crippen LogP contribution in [0.25, 0.3) is 10.2 Å². The molecule has 1 heterocycles. The SMILES string of the molecule is CCC(=O)Nc1nc2ccc(NC(=O)C(F)(F)F)cc2s1. The zero-order valence-electron chi connectivity index (χ0n) is 10.7. The van der Waals surface area contributed by atoms with Crippen LogP contribution in [0.15, 0.2) is 18.2 Å². The summed E-state index contributed by atoms with van der Waals surface area (Å²) >= 11 is 1.11. The summed E-state index contributed by atoms with van der Waals surface area (Å²) in [5, 5.41) is 4.69. The zero-order chi connectivity index (χ0) is 15.6. The van der Waals surface area contributed by atoms with E-state index in [1.165, 1.54) is 18.2 Å². The number of aromatic nitrogens is 1. The maximum atomic E-state index is 12.2. The first-order chi connectivity index (χ1) is 9.79. The van der Waals surface area contributed by atoms with E-state index < -0.39 is 12.1 Å². The standard InChI is InChI=1S/C12H10F3N3O2S/c1-2-9(19)18-11-17-7-4-3-6(5-8(7)21-11)16-10(20)12(13,14)15/h3-5H,2H2,1H3,(H,16,20)(H,17,18,19). The van der Waals surface area contributed by atoms with Gasteiger partial charge in [-0.3, -0.25) is 9.59 Å². The Hall–Kier alpha value is -2.16. The van der Waals surface area contributed by atoms with Crippen molar-refractivity contribution in [2.45, 2.75) is 19.5 Å². The molecular formula is C12H10F3N3O2S. The van der Waals surface area contributed by atoms with Crippen LogP contribution in [0.1, 0.15) is 13.3 Å². The van der Waals surface area contributed by atoms with Crippen LogP contribution in [-0.4, -0.2) is 23.0 Å². The van der Waals surface area contributed by atoms with Crippen LogP contribution in [0.4, 0.5) is 24.0 Å². The molecule has 112 valence electrons. The minimum Gasteiger partial charge on any atom is -0.318 e.